The molecular weight excluding hydrogens is 390 g/mol. The largest absolute Gasteiger partial charge is 0.478 e. The lowest BCUT2D eigenvalue weighted by Crippen LogP contribution is -2.36. The summed E-state index contributed by atoms with van der Waals surface area (Å²) in [6.45, 7) is 1.52. The second-order valence-corrected chi connectivity index (χ2v) is 6.35. The van der Waals surface area contributed by atoms with E-state index in [9.17, 15) is 19.2 Å². The van der Waals surface area contributed by atoms with Gasteiger partial charge in [-0.2, -0.15) is 20.3 Å². The van der Waals surface area contributed by atoms with Crippen LogP contribution in [-0.2, 0) is 14.4 Å². The molecule has 0 saturated carbocycles. The molecule has 0 spiro atoms. The predicted octanol–water partition coefficient (Wildman–Crippen LogP) is 2.61. The first-order chi connectivity index (χ1) is 14.3. The fourth-order valence-electron chi connectivity index (χ4n) is 2.60. The molecule has 10 nitrogen and oxygen atoms in total. The number of anilines is 1. The van der Waals surface area contributed by atoms with E-state index in [1.807, 2.05) is 0 Å². The molecule has 30 heavy (non-hydrogen) atoms. The molecule has 1 aliphatic rings. The van der Waals surface area contributed by atoms with E-state index in [4.69, 9.17) is 5.11 Å². The van der Waals surface area contributed by atoms with Crippen molar-refractivity contribution in [2.24, 2.45) is 15.3 Å². The molecule has 0 radical (unpaired) electrons. The number of rotatable bonds is 6. The summed E-state index contributed by atoms with van der Waals surface area (Å²) in [5.74, 6) is -3.14. The molecule has 3 rings (SSSR count). The summed E-state index contributed by atoms with van der Waals surface area (Å²) < 4.78 is 0. The van der Waals surface area contributed by atoms with Gasteiger partial charge >= 0.3 is 5.97 Å². The summed E-state index contributed by atoms with van der Waals surface area (Å²) >= 11 is 0. The molecule has 2 aromatic rings. The zero-order chi connectivity index (χ0) is 21.7. The van der Waals surface area contributed by atoms with Gasteiger partial charge in [-0.3, -0.25) is 14.4 Å². The van der Waals surface area contributed by atoms with Crippen molar-refractivity contribution in [2.45, 2.75) is 19.4 Å². The Hall–Kier alpha value is -4.21. The van der Waals surface area contributed by atoms with Crippen LogP contribution in [-0.4, -0.2) is 45.6 Å². The smallest absolute Gasteiger partial charge is 0.335 e. The number of amides is 3. The monoisotopic (exact) mass is 407 g/mol. The average molecular weight is 407 g/mol. The minimum atomic E-state index is -1.09. The molecule has 0 aliphatic carbocycles. The van der Waals surface area contributed by atoms with E-state index < -0.39 is 36.2 Å². The van der Waals surface area contributed by atoms with E-state index in [2.05, 4.69) is 20.6 Å². The van der Waals surface area contributed by atoms with Crippen LogP contribution in [0.15, 0.2) is 69.9 Å². The molecule has 3 amide bonds. The number of aromatic carboxylic acids is 1. The summed E-state index contributed by atoms with van der Waals surface area (Å²) in [6, 6.07) is 13.1. The van der Waals surface area contributed by atoms with Gasteiger partial charge in [0.25, 0.3) is 11.8 Å². The Bertz CT molecular complexity index is 1050. The van der Waals surface area contributed by atoms with Gasteiger partial charge in [-0.25, -0.2) is 4.79 Å². The van der Waals surface area contributed by atoms with Gasteiger partial charge in [0.1, 0.15) is 6.42 Å². The van der Waals surface area contributed by atoms with Crippen LogP contribution in [0.3, 0.4) is 0 Å². The molecule has 10 heteroatoms. The highest BCUT2D eigenvalue weighted by Gasteiger charge is 2.38. The standard InChI is InChI=1S/C20H17N5O5/c1-12-18(23-22-15-9-7-13(8-10-15)20(29)30)19(28)25(24-12)17(27)11-16(26)21-14-5-3-2-4-6-14/h2-10,18H,11H2,1H3,(H,21,26)(H,29,30)/t18-/m1/s1. The van der Waals surface area contributed by atoms with Crippen LogP contribution in [0, 0.1) is 0 Å². The Morgan fingerprint density at radius 1 is 1.10 bits per heavy atom. The molecule has 0 aromatic heterocycles. The number of carboxylic acid groups (broad SMARTS) is 1. The number of imide groups is 1. The minimum absolute atomic E-state index is 0.0918. The van der Waals surface area contributed by atoms with Crippen LogP contribution < -0.4 is 5.32 Å². The molecular formula is C20H17N5O5. The number of para-hydroxylation sites is 1. The summed E-state index contributed by atoms with van der Waals surface area (Å²) in [7, 11) is 0. The number of nitrogens with zero attached hydrogens (tertiary/aromatic N) is 4. The molecule has 1 atom stereocenters. The summed E-state index contributed by atoms with van der Waals surface area (Å²) in [6.07, 6.45) is -0.558. The fourth-order valence-corrected chi connectivity index (χ4v) is 2.60. The lowest BCUT2D eigenvalue weighted by atomic mass is 10.2. The molecule has 2 N–H and O–H groups in total. The van der Waals surface area contributed by atoms with Crippen LogP contribution in [0.1, 0.15) is 23.7 Å². The van der Waals surface area contributed by atoms with Crippen LogP contribution >= 0.6 is 0 Å². The van der Waals surface area contributed by atoms with Crippen molar-refractivity contribution in [3.05, 3.63) is 60.2 Å². The zero-order valence-electron chi connectivity index (χ0n) is 15.8. The van der Waals surface area contributed by atoms with Crippen molar-refractivity contribution < 1.29 is 24.3 Å². The maximum atomic E-state index is 12.5. The topological polar surface area (TPSA) is 141 Å². The van der Waals surface area contributed by atoms with Crippen molar-refractivity contribution in [1.82, 2.24) is 5.01 Å². The van der Waals surface area contributed by atoms with E-state index in [1.54, 1.807) is 30.3 Å². The van der Waals surface area contributed by atoms with Crippen molar-refractivity contribution in [1.29, 1.82) is 0 Å². The Balaban J connectivity index is 1.62. The molecule has 152 valence electrons. The Labute approximate surface area is 170 Å². The highest BCUT2D eigenvalue weighted by molar-refractivity contribution is 6.18. The third-order valence-electron chi connectivity index (χ3n) is 4.10. The van der Waals surface area contributed by atoms with Crippen LogP contribution in [0.2, 0.25) is 0 Å². The number of nitrogens with one attached hydrogen (secondary N) is 1. The molecule has 1 aliphatic heterocycles. The molecule has 1 heterocycles. The second kappa shape index (κ2) is 8.86. The highest BCUT2D eigenvalue weighted by Crippen LogP contribution is 2.19. The van der Waals surface area contributed by atoms with Crippen LogP contribution in [0.5, 0.6) is 0 Å². The number of carbonyl (C=O) groups is 4. The molecule has 0 bridgehead atoms. The Morgan fingerprint density at radius 2 is 1.77 bits per heavy atom. The van der Waals surface area contributed by atoms with Crippen molar-refractivity contribution >= 4 is 40.8 Å². The number of azo groups is 1. The second-order valence-electron chi connectivity index (χ2n) is 6.35. The van der Waals surface area contributed by atoms with Gasteiger partial charge in [0.15, 0.2) is 6.04 Å². The average Bonchev–Trinajstić information content (AvgIpc) is 3.01. The number of hydrogen-bond donors (Lipinski definition) is 2. The normalized spacial score (nSPS) is 15.9. The molecule has 0 unspecified atom stereocenters. The molecule has 0 fully saturated rings. The first-order valence-corrected chi connectivity index (χ1v) is 8.86. The number of hydrogen-bond acceptors (Lipinski definition) is 7. The third-order valence-corrected chi connectivity index (χ3v) is 4.10. The van der Waals surface area contributed by atoms with E-state index in [0.29, 0.717) is 16.4 Å². The van der Waals surface area contributed by atoms with E-state index >= 15 is 0 Å². The van der Waals surface area contributed by atoms with Gasteiger partial charge in [0.2, 0.25) is 5.91 Å². The van der Waals surface area contributed by atoms with Crippen molar-refractivity contribution in [3.8, 4) is 0 Å². The van der Waals surface area contributed by atoms with E-state index in [0.717, 1.165) is 0 Å². The Kier molecular flexibility index (Phi) is 6.06. The van der Waals surface area contributed by atoms with Gasteiger partial charge in [-0.1, -0.05) is 18.2 Å². The van der Waals surface area contributed by atoms with Crippen LogP contribution in [0.25, 0.3) is 0 Å². The number of hydrazone groups is 1. The first-order valence-electron chi connectivity index (χ1n) is 8.86. The SMILES string of the molecule is CC1=NN(C(=O)CC(=O)Nc2ccccc2)C(=O)[C@@H]1N=Nc1ccc(C(=O)O)cc1. The summed E-state index contributed by atoms with van der Waals surface area (Å²) in [5, 5.41) is 23.8. The predicted molar refractivity (Wildman–Crippen MR) is 106 cm³/mol. The maximum absolute atomic E-state index is 12.5. The van der Waals surface area contributed by atoms with Gasteiger partial charge < -0.3 is 10.4 Å². The van der Waals surface area contributed by atoms with E-state index in [-0.39, 0.29) is 11.3 Å². The number of carboxylic acids is 1. The molecule has 0 saturated heterocycles. The lowest BCUT2D eigenvalue weighted by Gasteiger charge is -2.10. The van der Waals surface area contributed by atoms with Crippen molar-refractivity contribution in [2.75, 3.05) is 5.32 Å². The maximum Gasteiger partial charge on any atom is 0.335 e. The third kappa shape index (κ3) is 4.79. The minimum Gasteiger partial charge on any atom is -0.478 e. The first kappa shape index (κ1) is 20.5. The van der Waals surface area contributed by atoms with Crippen LogP contribution in [0.4, 0.5) is 11.4 Å². The number of carbonyl (C=O) groups excluding carboxylic acids is 3. The lowest BCUT2D eigenvalue weighted by molar-refractivity contribution is -0.144. The zero-order valence-corrected chi connectivity index (χ0v) is 15.8. The van der Waals surface area contributed by atoms with Gasteiger partial charge in [0, 0.05) is 5.69 Å². The summed E-state index contributed by atoms with van der Waals surface area (Å²) in [5.41, 5.74) is 1.22. The number of benzene rings is 2. The Morgan fingerprint density at radius 3 is 2.40 bits per heavy atom. The fraction of sp³-hybridized carbons (Fsp3) is 0.150. The quantitative estimate of drug-likeness (QED) is 0.559. The van der Waals surface area contributed by atoms with E-state index in [1.165, 1.54) is 31.2 Å². The van der Waals surface area contributed by atoms with Gasteiger partial charge in [-0.15, -0.1) is 0 Å². The van der Waals surface area contributed by atoms with Gasteiger partial charge in [0.05, 0.1) is 17.0 Å². The van der Waals surface area contributed by atoms with Crippen molar-refractivity contribution in [3.63, 3.8) is 0 Å². The highest BCUT2D eigenvalue weighted by atomic mass is 16.4. The van der Waals surface area contributed by atoms with Gasteiger partial charge in [-0.05, 0) is 43.3 Å². The summed E-state index contributed by atoms with van der Waals surface area (Å²) in [4.78, 5) is 47.7. The molecule has 2 aromatic carbocycles.